The lowest BCUT2D eigenvalue weighted by Gasteiger charge is -2.59. The number of nitrogens with zero attached hydrogens (tertiary/aromatic N) is 2. The number of aliphatic hydroxyl groups excluding tert-OH is 2. The van der Waals surface area contributed by atoms with Gasteiger partial charge in [0.25, 0.3) is 0 Å². The van der Waals surface area contributed by atoms with E-state index in [0.717, 1.165) is 42.5 Å². The molecule has 10 heteroatoms. The second-order valence-electron chi connectivity index (χ2n) is 11.9. The van der Waals surface area contributed by atoms with Crippen LogP contribution < -0.4 is 4.74 Å². The molecule has 0 spiro atoms. The minimum absolute atomic E-state index is 0.106. The van der Waals surface area contributed by atoms with Gasteiger partial charge < -0.3 is 34.4 Å². The minimum atomic E-state index is -1.31. The van der Waals surface area contributed by atoms with Crippen LogP contribution in [0.1, 0.15) is 76.7 Å². The van der Waals surface area contributed by atoms with Crippen molar-refractivity contribution in [1.82, 2.24) is 4.90 Å². The first-order chi connectivity index (χ1) is 21.4. The Morgan fingerprint density at radius 3 is 2.59 bits per heavy atom. The van der Waals surface area contributed by atoms with Crippen molar-refractivity contribution in [3.8, 4) is 11.5 Å². The Morgan fingerprint density at radius 1 is 1.18 bits per heavy atom. The lowest BCUT2D eigenvalue weighted by molar-refractivity contribution is -0.255. The van der Waals surface area contributed by atoms with E-state index in [1.165, 1.54) is 7.11 Å². The van der Waals surface area contributed by atoms with Crippen molar-refractivity contribution in [2.45, 2.75) is 83.0 Å². The number of phenolic OH excluding ortho intramolecular Hbond substituents is 1. The number of amides is 1. The second kappa shape index (κ2) is 15.8. The summed E-state index contributed by atoms with van der Waals surface area (Å²) < 4.78 is 19.3. The number of allylic oxidation sites excluding steroid dienone is 1. The molecule has 1 aromatic rings. The monoisotopic (exact) mass is 614 g/mol. The van der Waals surface area contributed by atoms with Crippen molar-refractivity contribution in [3.05, 3.63) is 48.1 Å². The van der Waals surface area contributed by atoms with Gasteiger partial charge in [0, 0.05) is 37.7 Å². The molecular weight excluding hydrogens is 564 g/mol. The van der Waals surface area contributed by atoms with Gasteiger partial charge in [-0.25, -0.2) is 4.79 Å². The number of carbonyl (C=O) groups excluding carboxylic acids is 1. The first-order valence-electron chi connectivity index (χ1n) is 16.1. The highest BCUT2D eigenvalue weighted by molar-refractivity contribution is 6.02. The summed E-state index contributed by atoms with van der Waals surface area (Å²) in [6, 6.07) is 4.58. The van der Waals surface area contributed by atoms with Crippen LogP contribution in [-0.2, 0) is 14.3 Å². The fourth-order valence-corrected chi connectivity index (χ4v) is 7.59. The molecule has 0 aromatic heterocycles. The molecule has 44 heavy (non-hydrogen) atoms. The standard InChI is InChI=1S/C34H50N2O8/c1-5-16-36(33(40)42-7-3)30-22-28(35-41-4)26-20-23(12-8-10-17-37)25(13-9-11-18-38)31-27-21-24(39)14-15-29(27)44-34(30,32(26)31)43-19-6-2/h6,14-15,20-21,23,25,30-32,37-39H,2,5,7-13,16-19,22H2,1,3-4H3. The fraction of sp³-hybridized carbons (Fsp3) is 0.647. The predicted octanol–water partition coefficient (Wildman–Crippen LogP) is 5.52. The van der Waals surface area contributed by atoms with E-state index >= 15 is 0 Å². The third-order valence-electron chi connectivity index (χ3n) is 9.20. The number of unbranched alkanes of at least 4 members (excludes halogenated alkanes) is 2. The number of fused-ring (bicyclic) bond motifs is 2. The van der Waals surface area contributed by atoms with Crippen LogP contribution in [0.4, 0.5) is 4.79 Å². The van der Waals surface area contributed by atoms with Crippen molar-refractivity contribution < 1.29 is 39.2 Å². The summed E-state index contributed by atoms with van der Waals surface area (Å²) in [5, 5.41) is 34.5. The number of carbonyl (C=O) groups is 1. The smallest absolute Gasteiger partial charge is 0.410 e. The molecule has 1 fully saturated rings. The van der Waals surface area contributed by atoms with Crippen LogP contribution in [0.3, 0.4) is 0 Å². The van der Waals surface area contributed by atoms with E-state index in [1.807, 2.05) is 6.92 Å². The molecule has 10 nitrogen and oxygen atoms in total. The highest BCUT2D eigenvalue weighted by atomic mass is 16.7. The Hall–Kier alpha value is -3.08. The number of rotatable bonds is 16. The van der Waals surface area contributed by atoms with Gasteiger partial charge in [0.15, 0.2) is 0 Å². The van der Waals surface area contributed by atoms with E-state index < -0.39 is 23.8 Å². The van der Waals surface area contributed by atoms with Gasteiger partial charge in [0.2, 0.25) is 5.79 Å². The lowest BCUT2D eigenvalue weighted by atomic mass is 9.55. The average Bonchev–Trinajstić information content (AvgIpc) is 3.01. The van der Waals surface area contributed by atoms with E-state index in [-0.39, 0.29) is 49.9 Å². The van der Waals surface area contributed by atoms with Gasteiger partial charge in [-0.3, -0.25) is 4.90 Å². The normalized spacial score (nSPS) is 27.9. The molecule has 4 rings (SSSR count). The van der Waals surface area contributed by atoms with Gasteiger partial charge in [0.05, 0.1) is 24.8 Å². The van der Waals surface area contributed by atoms with E-state index in [1.54, 1.807) is 36.1 Å². The Balaban J connectivity index is 2.01. The first kappa shape index (κ1) is 33.8. The first-order valence-corrected chi connectivity index (χ1v) is 16.1. The topological polar surface area (TPSA) is 130 Å². The van der Waals surface area contributed by atoms with Crippen LogP contribution in [0.2, 0.25) is 0 Å². The highest BCUT2D eigenvalue weighted by Crippen LogP contribution is 2.61. The number of hydrogen-bond acceptors (Lipinski definition) is 9. The fourth-order valence-electron chi connectivity index (χ4n) is 7.59. The van der Waals surface area contributed by atoms with Crippen LogP contribution in [0.25, 0.3) is 0 Å². The summed E-state index contributed by atoms with van der Waals surface area (Å²) in [5.41, 5.74) is 2.57. The second-order valence-corrected chi connectivity index (χ2v) is 11.9. The van der Waals surface area contributed by atoms with E-state index in [0.29, 0.717) is 38.0 Å². The Bertz CT molecular complexity index is 1190. The summed E-state index contributed by atoms with van der Waals surface area (Å²) >= 11 is 0. The molecule has 1 amide bonds. The third kappa shape index (κ3) is 6.77. The Kier molecular flexibility index (Phi) is 12.1. The third-order valence-corrected chi connectivity index (χ3v) is 9.20. The van der Waals surface area contributed by atoms with Crippen molar-refractivity contribution in [3.63, 3.8) is 0 Å². The molecule has 3 N–H and O–H groups in total. The van der Waals surface area contributed by atoms with Crippen molar-refractivity contribution in [2.75, 3.05) is 40.1 Å². The molecule has 1 aromatic carbocycles. The number of ether oxygens (including phenoxy) is 3. The molecule has 0 radical (unpaired) electrons. The van der Waals surface area contributed by atoms with Gasteiger partial charge in [-0.05, 0) is 74.6 Å². The number of phenols is 1. The molecule has 1 aliphatic heterocycles. The van der Waals surface area contributed by atoms with Crippen LogP contribution in [-0.4, -0.2) is 83.9 Å². The Morgan fingerprint density at radius 2 is 1.93 bits per heavy atom. The van der Waals surface area contributed by atoms with Gasteiger partial charge in [-0.1, -0.05) is 37.1 Å². The van der Waals surface area contributed by atoms with Crippen LogP contribution in [0, 0.1) is 17.8 Å². The summed E-state index contributed by atoms with van der Waals surface area (Å²) in [7, 11) is 1.52. The number of aliphatic hydroxyl groups is 2. The number of benzene rings is 1. The number of aromatic hydroxyl groups is 1. The van der Waals surface area contributed by atoms with E-state index in [2.05, 4.69) is 17.8 Å². The maximum absolute atomic E-state index is 13.6. The lowest BCUT2D eigenvalue weighted by Crippen LogP contribution is -2.70. The van der Waals surface area contributed by atoms with Crippen molar-refractivity contribution >= 4 is 11.8 Å². The SMILES string of the molecule is C=CCOC12Oc3ccc(O)cc3C3C(CCCCO)C(CCCCO)C=C(C(=NOC)CC1N(CCC)C(=O)OCC)C32. The van der Waals surface area contributed by atoms with Crippen LogP contribution in [0.5, 0.6) is 11.5 Å². The minimum Gasteiger partial charge on any atom is -0.508 e. The molecule has 1 saturated carbocycles. The molecule has 6 unspecified atom stereocenters. The molecule has 0 bridgehead atoms. The van der Waals surface area contributed by atoms with Gasteiger partial charge in [-0.15, -0.1) is 6.58 Å². The average molecular weight is 615 g/mol. The summed E-state index contributed by atoms with van der Waals surface area (Å²) in [5.74, 6) is -0.879. The quantitative estimate of drug-likeness (QED) is 0.126. The van der Waals surface area contributed by atoms with Crippen molar-refractivity contribution in [2.24, 2.45) is 22.9 Å². The summed E-state index contributed by atoms with van der Waals surface area (Å²) in [6.07, 6.45) is 9.31. The van der Waals surface area contributed by atoms with Crippen LogP contribution in [0.15, 0.2) is 47.7 Å². The number of oxime groups is 1. The van der Waals surface area contributed by atoms with Gasteiger partial charge in [-0.2, -0.15) is 0 Å². The predicted molar refractivity (Wildman–Crippen MR) is 168 cm³/mol. The molecule has 1 heterocycles. The van der Waals surface area contributed by atoms with Crippen molar-refractivity contribution in [1.29, 1.82) is 0 Å². The van der Waals surface area contributed by atoms with E-state index in [4.69, 9.17) is 19.0 Å². The molecule has 6 atom stereocenters. The molecule has 0 saturated heterocycles. The zero-order valence-corrected chi connectivity index (χ0v) is 26.5. The highest BCUT2D eigenvalue weighted by Gasteiger charge is 2.65. The maximum Gasteiger partial charge on any atom is 0.410 e. The summed E-state index contributed by atoms with van der Waals surface area (Å²) in [4.78, 5) is 20.7. The molecule has 244 valence electrons. The molecule has 3 aliphatic rings. The van der Waals surface area contributed by atoms with E-state index in [9.17, 15) is 20.1 Å². The zero-order chi connectivity index (χ0) is 31.7. The van der Waals surface area contributed by atoms with Crippen LogP contribution >= 0.6 is 0 Å². The molecular formula is C34H50N2O8. The summed E-state index contributed by atoms with van der Waals surface area (Å²) in [6.45, 7) is 8.81. The molecule has 2 aliphatic carbocycles. The Labute approximate surface area is 261 Å². The zero-order valence-electron chi connectivity index (χ0n) is 26.5. The van der Waals surface area contributed by atoms with Gasteiger partial charge >= 0.3 is 6.09 Å². The number of hydrogen-bond donors (Lipinski definition) is 3. The maximum atomic E-state index is 13.6. The van der Waals surface area contributed by atoms with Gasteiger partial charge in [0.1, 0.15) is 24.7 Å². The largest absolute Gasteiger partial charge is 0.508 e.